The number of amides is 1. The minimum atomic E-state index is -0.290. The van der Waals surface area contributed by atoms with Gasteiger partial charge >= 0.3 is 0 Å². The van der Waals surface area contributed by atoms with Crippen LogP contribution in [-0.2, 0) is 6.42 Å². The lowest BCUT2D eigenvalue weighted by atomic mass is 10.2. The predicted molar refractivity (Wildman–Crippen MR) is 81.8 cm³/mol. The molecule has 0 saturated heterocycles. The van der Waals surface area contributed by atoms with Crippen LogP contribution in [0.3, 0.4) is 0 Å². The highest BCUT2D eigenvalue weighted by Crippen LogP contribution is 2.32. The van der Waals surface area contributed by atoms with Crippen LogP contribution in [-0.4, -0.2) is 10.9 Å². The summed E-state index contributed by atoms with van der Waals surface area (Å²) in [6.45, 7) is 3.70. The number of anilines is 1. The summed E-state index contributed by atoms with van der Waals surface area (Å²) in [6, 6.07) is 5.41. The lowest BCUT2D eigenvalue weighted by molar-refractivity contribution is 0.0994. The maximum atomic E-state index is 12.3. The fourth-order valence-electron chi connectivity index (χ4n) is 2.18. The molecule has 0 aliphatic heterocycles. The Hall–Kier alpha value is -1.81. The zero-order valence-electron chi connectivity index (χ0n) is 12.1. The van der Waals surface area contributed by atoms with Gasteiger partial charge in [0.1, 0.15) is 0 Å². The highest BCUT2D eigenvalue weighted by molar-refractivity contribution is 6.31. The Kier molecular flexibility index (Phi) is 3.72. The predicted octanol–water partition coefficient (Wildman–Crippen LogP) is 4.15. The number of carbonyl (C=O) groups excluding carboxylic acids is 1. The molecule has 0 atom stereocenters. The van der Waals surface area contributed by atoms with E-state index in [2.05, 4.69) is 10.3 Å². The van der Waals surface area contributed by atoms with Crippen molar-refractivity contribution in [3.8, 4) is 0 Å². The monoisotopic (exact) mass is 304 g/mol. The molecule has 1 aromatic heterocycles. The van der Waals surface area contributed by atoms with E-state index in [4.69, 9.17) is 16.0 Å². The average molecular weight is 305 g/mol. The van der Waals surface area contributed by atoms with Crippen molar-refractivity contribution >= 4 is 23.2 Å². The maximum Gasteiger partial charge on any atom is 0.293 e. The molecular weight excluding hydrogens is 288 g/mol. The summed E-state index contributed by atoms with van der Waals surface area (Å²) in [7, 11) is 0. The molecule has 0 bridgehead atoms. The van der Waals surface area contributed by atoms with Crippen molar-refractivity contribution in [3.63, 3.8) is 0 Å². The van der Waals surface area contributed by atoms with E-state index in [0.29, 0.717) is 28.2 Å². The number of nitrogens with zero attached hydrogens (tertiary/aromatic N) is 1. The second-order valence-corrected chi connectivity index (χ2v) is 5.99. The van der Waals surface area contributed by atoms with Gasteiger partial charge in [-0.1, -0.05) is 17.7 Å². The summed E-state index contributed by atoms with van der Waals surface area (Å²) in [5.74, 6) is 1.32. The van der Waals surface area contributed by atoms with Crippen LogP contribution in [0.2, 0.25) is 5.02 Å². The van der Waals surface area contributed by atoms with Crippen molar-refractivity contribution in [2.75, 3.05) is 5.32 Å². The molecule has 1 N–H and O–H groups in total. The molecule has 1 fully saturated rings. The average Bonchev–Trinajstić information content (AvgIpc) is 3.16. The van der Waals surface area contributed by atoms with Gasteiger partial charge in [-0.2, -0.15) is 0 Å². The first-order valence-corrected chi connectivity index (χ1v) is 7.44. The van der Waals surface area contributed by atoms with Gasteiger partial charge in [-0.3, -0.25) is 4.79 Å². The summed E-state index contributed by atoms with van der Waals surface area (Å²) in [5, 5.41) is 3.41. The molecule has 5 heteroatoms. The van der Waals surface area contributed by atoms with Gasteiger partial charge < -0.3 is 9.73 Å². The summed E-state index contributed by atoms with van der Waals surface area (Å²) in [5.41, 5.74) is 2.24. The van der Waals surface area contributed by atoms with Gasteiger partial charge in [0.15, 0.2) is 5.89 Å². The van der Waals surface area contributed by atoms with Crippen LogP contribution in [0.1, 0.15) is 40.5 Å². The van der Waals surface area contributed by atoms with Gasteiger partial charge in [-0.15, -0.1) is 0 Å². The number of benzene rings is 1. The molecule has 1 amide bonds. The number of hydrogen-bond donors (Lipinski definition) is 1. The van der Waals surface area contributed by atoms with E-state index < -0.39 is 0 Å². The number of hydrogen-bond acceptors (Lipinski definition) is 3. The Balaban J connectivity index is 1.74. The second kappa shape index (κ2) is 5.53. The van der Waals surface area contributed by atoms with Crippen LogP contribution in [0.4, 0.5) is 5.69 Å². The molecule has 110 valence electrons. The molecule has 1 aliphatic rings. The highest BCUT2D eigenvalue weighted by atomic mass is 35.5. The number of nitrogens with one attached hydrogen (secondary N) is 1. The summed E-state index contributed by atoms with van der Waals surface area (Å²) in [6.07, 6.45) is 3.28. The molecule has 1 saturated carbocycles. The van der Waals surface area contributed by atoms with Gasteiger partial charge in [0.05, 0.1) is 5.69 Å². The molecule has 0 spiro atoms. The third kappa shape index (κ3) is 3.27. The van der Waals surface area contributed by atoms with Crippen molar-refractivity contribution in [1.82, 2.24) is 4.98 Å². The Morgan fingerprint density at radius 1 is 1.43 bits per heavy atom. The Morgan fingerprint density at radius 2 is 2.19 bits per heavy atom. The summed E-state index contributed by atoms with van der Waals surface area (Å²) in [4.78, 5) is 16.6. The largest absolute Gasteiger partial charge is 0.435 e. The zero-order valence-corrected chi connectivity index (χ0v) is 12.8. The molecular formula is C16H17ClN2O2. The lowest BCUT2D eigenvalue weighted by Gasteiger charge is -2.05. The molecule has 21 heavy (non-hydrogen) atoms. The van der Waals surface area contributed by atoms with Gasteiger partial charge in [-0.05, 0) is 50.3 Å². The van der Waals surface area contributed by atoms with Gasteiger partial charge in [0.25, 0.3) is 5.91 Å². The maximum absolute atomic E-state index is 12.3. The van der Waals surface area contributed by atoms with Crippen LogP contribution in [0.15, 0.2) is 22.6 Å². The standard InChI is InChI=1S/C16H17ClN2O2/c1-9-3-6-12(8-13(9)17)19-16(20)15-10(2)18-14(21-15)7-11-4-5-11/h3,6,8,11H,4-5,7H2,1-2H3,(H,19,20). The third-order valence-corrected chi connectivity index (χ3v) is 4.04. The van der Waals surface area contributed by atoms with Crippen LogP contribution in [0, 0.1) is 19.8 Å². The number of halogens is 1. The van der Waals surface area contributed by atoms with E-state index in [1.165, 1.54) is 12.8 Å². The number of carbonyl (C=O) groups is 1. The molecule has 1 aliphatic carbocycles. The first-order chi connectivity index (χ1) is 10.0. The number of rotatable bonds is 4. The molecule has 1 aromatic carbocycles. The Morgan fingerprint density at radius 3 is 2.86 bits per heavy atom. The normalized spacial score (nSPS) is 14.2. The third-order valence-electron chi connectivity index (χ3n) is 3.64. The minimum Gasteiger partial charge on any atom is -0.435 e. The van der Waals surface area contributed by atoms with Crippen LogP contribution < -0.4 is 5.32 Å². The van der Waals surface area contributed by atoms with Crippen molar-refractivity contribution in [2.24, 2.45) is 5.92 Å². The Bertz CT molecular complexity index is 690. The van der Waals surface area contributed by atoms with E-state index in [1.807, 2.05) is 19.1 Å². The van der Waals surface area contributed by atoms with Gasteiger partial charge in [0, 0.05) is 17.1 Å². The lowest BCUT2D eigenvalue weighted by Crippen LogP contribution is -2.12. The molecule has 0 radical (unpaired) electrons. The number of oxazole rings is 1. The summed E-state index contributed by atoms with van der Waals surface area (Å²) < 4.78 is 5.60. The Labute approximate surface area is 128 Å². The van der Waals surface area contributed by atoms with Gasteiger partial charge in [0.2, 0.25) is 5.76 Å². The topological polar surface area (TPSA) is 55.1 Å². The van der Waals surface area contributed by atoms with Crippen LogP contribution in [0.25, 0.3) is 0 Å². The van der Waals surface area contributed by atoms with E-state index >= 15 is 0 Å². The minimum absolute atomic E-state index is 0.280. The highest BCUT2D eigenvalue weighted by Gasteiger charge is 2.26. The fourth-order valence-corrected chi connectivity index (χ4v) is 2.36. The summed E-state index contributed by atoms with van der Waals surface area (Å²) >= 11 is 6.06. The van der Waals surface area contributed by atoms with Crippen molar-refractivity contribution < 1.29 is 9.21 Å². The van der Waals surface area contributed by atoms with E-state index in [0.717, 1.165) is 12.0 Å². The number of aromatic nitrogens is 1. The molecule has 3 rings (SSSR count). The first kappa shape index (κ1) is 14.1. The molecule has 4 nitrogen and oxygen atoms in total. The van der Waals surface area contributed by atoms with E-state index in [9.17, 15) is 4.79 Å². The van der Waals surface area contributed by atoms with E-state index in [1.54, 1.807) is 13.0 Å². The number of aryl methyl sites for hydroxylation is 2. The fraction of sp³-hybridized carbons (Fsp3) is 0.375. The smallest absolute Gasteiger partial charge is 0.293 e. The van der Waals surface area contributed by atoms with Crippen LogP contribution >= 0.6 is 11.6 Å². The van der Waals surface area contributed by atoms with Crippen molar-refractivity contribution in [3.05, 3.63) is 46.1 Å². The zero-order chi connectivity index (χ0) is 15.0. The second-order valence-electron chi connectivity index (χ2n) is 5.59. The van der Waals surface area contributed by atoms with Crippen LogP contribution in [0.5, 0.6) is 0 Å². The van der Waals surface area contributed by atoms with Crippen molar-refractivity contribution in [2.45, 2.75) is 33.1 Å². The first-order valence-electron chi connectivity index (χ1n) is 7.06. The molecule has 0 unspecified atom stereocenters. The van der Waals surface area contributed by atoms with Gasteiger partial charge in [-0.25, -0.2) is 4.98 Å². The van der Waals surface area contributed by atoms with E-state index in [-0.39, 0.29) is 11.7 Å². The molecule has 2 aromatic rings. The SMILES string of the molecule is Cc1ccc(NC(=O)c2oc(CC3CC3)nc2C)cc1Cl. The van der Waals surface area contributed by atoms with Crippen molar-refractivity contribution in [1.29, 1.82) is 0 Å². The molecule has 1 heterocycles. The quantitative estimate of drug-likeness (QED) is 0.923.